The molecule has 1 heterocycles. The Hall–Kier alpha value is -1.81. The smallest absolute Gasteiger partial charge is 0.146 e. The molecule has 0 bridgehead atoms. The van der Waals surface area contributed by atoms with Gasteiger partial charge in [0.05, 0.1) is 12.0 Å². The van der Waals surface area contributed by atoms with Gasteiger partial charge in [-0.2, -0.15) is 0 Å². The number of nitrogens with two attached hydrogens (primary N) is 1. The second kappa shape index (κ2) is 5.50. The Morgan fingerprint density at radius 3 is 2.88 bits per heavy atom. The molecule has 2 rings (SSSR count). The molecule has 1 aromatic carbocycles. The van der Waals surface area contributed by atoms with E-state index in [0.29, 0.717) is 6.54 Å². The van der Waals surface area contributed by atoms with Gasteiger partial charge in [-0.05, 0) is 29.8 Å². The Morgan fingerprint density at radius 1 is 1.29 bits per heavy atom. The number of halogens is 1. The van der Waals surface area contributed by atoms with Crippen LogP contribution in [0.15, 0.2) is 41.0 Å². The third-order valence-electron chi connectivity index (χ3n) is 2.52. The van der Waals surface area contributed by atoms with E-state index in [1.807, 2.05) is 18.2 Å². The topological polar surface area (TPSA) is 51.2 Å². The molecule has 0 spiro atoms. The van der Waals surface area contributed by atoms with Crippen molar-refractivity contribution in [2.45, 2.75) is 13.0 Å². The molecule has 3 nitrogen and oxygen atoms in total. The summed E-state index contributed by atoms with van der Waals surface area (Å²) in [6.07, 6.45) is 2.48. The van der Waals surface area contributed by atoms with Gasteiger partial charge in [0.25, 0.3) is 0 Å². The molecule has 0 aliphatic rings. The molecule has 0 aliphatic carbocycles. The van der Waals surface area contributed by atoms with Gasteiger partial charge in [0.2, 0.25) is 0 Å². The highest BCUT2D eigenvalue weighted by molar-refractivity contribution is 5.41. The van der Waals surface area contributed by atoms with Gasteiger partial charge in [-0.15, -0.1) is 0 Å². The van der Waals surface area contributed by atoms with Crippen LogP contribution < -0.4 is 11.1 Å². The second-order valence-corrected chi connectivity index (χ2v) is 3.86. The quantitative estimate of drug-likeness (QED) is 0.616. The van der Waals surface area contributed by atoms with Crippen molar-refractivity contribution in [3.8, 4) is 0 Å². The van der Waals surface area contributed by atoms with Gasteiger partial charge in [0, 0.05) is 19.5 Å². The molecule has 4 heteroatoms. The number of benzene rings is 1. The number of rotatable bonds is 5. The highest BCUT2D eigenvalue weighted by atomic mass is 19.1. The van der Waals surface area contributed by atoms with E-state index in [1.165, 1.54) is 6.07 Å². The van der Waals surface area contributed by atoms with Gasteiger partial charge >= 0.3 is 0 Å². The monoisotopic (exact) mass is 234 g/mol. The molecule has 0 aliphatic heterocycles. The standard InChI is InChI=1S/C13H15FN2O/c14-12-8-10(3-4-13(12)15)9-16-6-5-11-2-1-7-17-11/h1-4,7-8,16H,5-6,9,15H2. The summed E-state index contributed by atoms with van der Waals surface area (Å²) in [5.74, 6) is 0.580. The maximum absolute atomic E-state index is 13.1. The number of nitrogen functional groups attached to an aromatic ring is 1. The summed E-state index contributed by atoms with van der Waals surface area (Å²) >= 11 is 0. The average Bonchev–Trinajstić information content (AvgIpc) is 2.82. The van der Waals surface area contributed by atoms with Gasteiger partial charge in [-0.3, -0.25) is 0 Å². The Morgan fingerprint density at radius 2 is 2.18 bits per heavy atom. The Bertz CT molecular complexity index is 468. The zero-order valence-electron chi connectivity index (χ0n) is 9.45. The second-order valence-electron chi connectivity index (χ2n) is 3.86. The van der Waals surface area contributed by atoms with Gasteiger partial charge in [0.1, 0.15) is 11.6 Å². The predicted molar refractivity (Wildman–Crippen MR) is 64.9 cm³/mol. The molecular formula is C13H15FN2O. The van der Waals surface area contributed by atoms with E-state index in [1.54, 1.807) is 12.3 Å². The van der Waals surface area contributed by atoms with Crippen LogP contribution in [0, 0.1) is 5.82 Å². The maximum Gasteiger partial charge on any atom is 0.146 e. The molecule has 0 atom stereocenters. The Labute approximate surface area is 99.4 Å². The molecule has 0 radical (unpaired) electrons. The molecule has 0 unspecified atom stereocenters. The molecule has 0 amide bonds. The van der Waals surface area contributed by atoms with Crippen LogP contribution in [0.25, 0.3) is 0 Å². The molecule has 0 saturated carbocycles. The largest absolute Gasteiger partial charge is 0.469 e. The van der Waals surface area contributed by atoms with Crippen LogP contribution in [-0.4, -0.2) is 6.54 Å². The van der Waals surface area contributed by atoms with Crippen LogP contribution in [0.5, 0.6) is 0 Å². The molecule has 2 aromatic rings. The molecule has 0 saturated heterocycles. The van der Waals surface area contributed by atoms with Gasteiger partial charge < -0.3 is 15.5 Å². The minimum absolute atomic E-state index is 0.185. The summed E-state index contributed by atoms with van der Waals surface area (Å²) < 4.78 is 18.3. The van der Waals surface area contributed by atoms with E-state index >= 15 is 0 Å². The predicted octanol–water partition coefficient (Wildman–Crippen LogP) is 2.33. The summed E-state index contributed by atoms with van der Waals surface area (Å²) in [5, 5.41) is 3.22. The minimum atomic E-state index is -0.365. The lowest BCUT2D eigenvalue weighted by Crippen LogP contribution is -2.16. The fraction of sp³-hybridized carbons (Fsp3) is 0.231. The summed E-state index contributed by atoms with van der Waals surface area (Å²) in [6, 6.07) is 8.65. The number of hydrogen-bond donors (Lipinski definition) is 2. The van der Waals surface area contributed by atoms with Gasteiger partial charge in [0.15, 0.2) is 0 Å². The summed E-state index contributed by atoms with van der Waals surface area (Å²) in [6.45, 7) is 1.41. The first-order valence-electron chi connectivity index (χ1n) is 5.53. The van der Waals surface area contributed by atoms with Crippen molar-refractivity contribution >= 4 is 5.69 Å². The number of hydrogen-bond acceptors (Lipinski definition) is 3. The first-order chi connectivity index (χ1) is 8.25. The SMILES string of the molecule is Nc1ccc(CNCCc2ccco2)cc1F. The zero-order chi connectivity index (χ0) is 12.1. The van der Waals surface area contributed by atoms with Crippen LogP contribution in [0.1, 0.15) is 11.3 Å². The zero-order valence-corrected chi connectivity index (χ0v) is 9.45. The number of anilines is 1. The fourth-order valence-corrected chi connectivity index (χ4v) is 1.58. The van der Waals surface area contributed by atoms with E-state index in [4.69, 9.17) is 10.2 Å². The van der Waals surface area contributed by atoms with Gasteiger partial charge in [-0.1, -0.05) is 6.07 Å². The average molecular weight is 234 g/mol. The van der Waals surface area contributed by atoms with Crippen molar-refractivity contribution < 1.29 is 8.81 Å². The third kappa shape index (κ3) is 3.32. The van der Waals surface area contributed by atoms with E-state index in [0.717, 1.165) is 24.3 Å². The van der Waals surface area contributed by atoms with E-state index < -0.39 is 0 Å². The lowest BCUT2D eigenvalue weighted by Gasteiger charge is -2.05. The molecule has 90 valence electrons. The van der Waals surface area contributed by atoms with Crippen molar-refractivity contribution in [2.75, 3.05) is 12.3 Å². The number of nitrogens with one attached hydrogen (secondary N) is 1. The van der Waals surface area contributed by atoms with Crippen molar-refractivity contribution in [3.05, 3.63) is 53.7 Å². The maximum atomic E-state index is 13.1. The van der Waals surface area contributed by atoms with Crippen LogP contribution in [0.3, 0.4) is 0 Å². The fourth-order valence-electron chi connectivity index (χ4n) is 1.58. The van der Waals surface area contributed by atoms with Crippen molar-refractivity contribution in [2.24, 2.45) is 0 Å². The van der Waals surface area contributed by atoms with E-state index in [9.17, 15) is 4.39 Å². The van der Waals surface area contributed by atoms with Crippen molar-refractivity contribution in [3.63, 3.8) is 0 Å². The van der Waals surface area contributed by atoms with Gasteiger partial charge in [-0.25, -0.2) is 4.39 Å². The van der Waals surface area contributed by atoms with Crippen molar-refractivity contribution in [1.29, 1.82) is 0 Å². The highest BCUT2D eigenvalue weighted by Gasteiger charge is 2.00. The third-order valence-corrected chi connectivity index (χ3v) is 2.52. The molecular weight excluding hydrogens is 219 g/mol. The summed E-state index contributed by atoms with van der Waals surface area (Å²) in [5.41, 5.74) is 6.47. The lowest BCUT2D eigenvalue weighted by atomic mass is 10.2. The molecule has 3 N–H and O–H groups in total. The molecule has 1 aromatic heterocycles. The van der Waals surface area contributed by atoms with E-state index in [2.05, 4.69) is 5.32 Å². The number of furan rings is 1. The molecule has 0 fully saturated rings. The van der Waals surface area contributed by atoms with Crippen LogP contribution >= 0.6 is 0 Å². The van der Waals surface area contributed by atoms with Crippen LogP contribution in [0.2, 0.25) is 0 Å². The first-order valence-corrected chi connectivity index (χ1v) is 5.53. The minimum Gasteiger partial charge on any atom is -0.469 e. The van der Waals surface area contributed by atoms with E-state index in [-0.39, 0.29) is 11.5 Å². The molecule has 17 heavy (non-hydrogen) atoms. The first kappa shape index (κ1) is 11.7. The highest BCUT2D eigenvalue weighted by Crippen LogP contribution is 2.11. The lowest BCUT2D eigenvalue weighted by molar-refractivity contribution is 0.498. The Kier molecular flexibility index (Phi) is 3.77. The summed E-state index contributed by atoms with van der Waals surface area (Å²) in [4.78, 5) is 0. The van der Waals surface area contributed by atoms with Crippen LogP contribution in [-0.2, 0) is 13.0 Å². The van der Waals surface area contributed by atoms with Crippen molar-refractivity contribution in [1.82, 2.24) is 5.32 Å². The Balaban J connectivity index is 1.76. The normalized spacial score (nSPS) is 10.6. The summed E-state index contributed by atoms with van der Waals surface area (Å²) in [7, 11) is 0. The van der Waals surface area contributed by atoms with Crippen LogP contribution in [0.4, 0.5) is 10.1 Å².